The van der Waals surface area contributed by atoms with Gasteiger partial charge in [0.2, 0.25) is 11.5 Å². The molecule has 1 aliphatic heterocycles. The number of Topliss-reactive ketones (excluding diaryl/α,β-unsaturated/α-hetero) is 1. The Hall–Kier alpha value is -1.32. The lowest BCUT2D eigenvalue weighted by Crippen LogP contribution is -2.16. The summed E-state index contributed by atoms with van der Waals surface area (Å²) >= 11 is 0. The van der Waals surface area contributed by atoms with Gasteiger partial charge in [0.1, 0.15) is 5.76 Å². The predicted molar refractivity (Wildman–Crippen MR) is 49.3 cm³/mol. The molecule has 0 aromatic rings. The first-order valence-corrected chi connectivity index (χ1v) is 4.68. The molecule has 0 radical (unpaired) electrons. The van der Waals surface area contributed by atoms with Gasteiger partial charge >= 0.3 is 5.97 Å². The molecule has 0 unspecified atom stereocenters. The Morgan fingerprint density at radius 1 is 1.57 bits per heavy atom. The van der Waals surface area contributed by atoms with Crippen LogP contribution in [0, 0.1) is 0 Å². The highest BCUT2D eigenvalue weighted by Gasteiger charge is 2.32. The Kier molecular flexibility index (Phi) is 3.28. The Balaban J connectivity index is 2.64. The van der Waals surface area contributed by atoms with Crippen molar-refractivity contribution in [2.24, 2.45) is 0 Å². The number of carbonyl (C=O) groups is 2. The van der Waals surface area contributed by atoms with Crippen LogP contribution in [0.4, 0.5) is 0 Å². The lowest BCUT2D eigenvalue weighted by Gasteiger charge is -2.01. The molecule has 14 heavy (non-hydrogen) atoms. The summed E-state index contributed by atoms with van der Waals surface area (Å²) in [5.74, 6) is -0.178. The molecule has 0 saturated heterocycles. The van der Waals surface area contributed by atoms with Crippen molar-refractivity contribution in [1.29, 1.82) is 0 Å². The van der Waals surface area contributed by atoms with Crippen molar-refractivity contribution in [3.8, 4) is 0 Å². The van der Waals surface area contributed by atoms with Gasteiger partial charge < -0.3 is 9.47 Å². The zero-order valence-electron chi connectivity index (χ0n) is 8.62. The van der Waals surface area contributed by atoms with E-state index in [1.165, 1.54) is 0 Å². The summed E-state index contributed by atoms with van der Waals surface area (Å²) in [6.45, 7) is 5.13. The minimum atomic E-state index is -0.528. The van der Waals surface area contributed by atoms with Crippen molar-refractivity contribution in [3.63, 3.8) is 0 Å². The van der Waals surface area contributed by atoms with Crippen LogP contribution in [0.2, 0.25) is 0 Å². The third-order valence-corrected chi connectivity index (χ3v) is 1.94. The molecule has 0 amide bonds. The van der Waals surface area contributed by atoms with Crippen molar-refractivity contribution in [2.75, 3.05) is 0 Å². The summed E-state index contributed by atoms with van der Waals surface area (Å²) in [7, 11) is 0. The molecule has 4 nitrogen and oxygen atoms in total. The van der Waals surface area contributed by atoms with Gasteiger partial charge in [-0.2, -0.15) is 0 Å². The number of esters is 1. The first-order valence-electron chi connectivity index (χ1n) is 4.68. The molecule has 1 rings (SSSR count). The predicted octanol–water partition coefficient (Wildman–Crippen LogP) is 1.55. The fraction of sp³-hybridized carbons (Fsp3) is 0.600. The van der Waals surface area contributed by atoms with E-state index < -0.39 is 6.10 Å². The van der Waals surface area contributed by atoms with Gasteiger partial charge in [-0.05, 0) is 20.3 Å². The van der Waals surface area contributed by atoms with Crippen molar-refractivity contribution in [2.45, 2.75) is 39.7 Å². The van der Waals surface area contributed by atoms with Crippen LogP contribution in [0.3, 0.4) is 0 Å². The maximum absolute atomic E-state index is 11.4. The first-order chi connectivity index (χ1) is 6.56. The van der Waals surface area contributed by atoms with Gasteiger partial charge in [0, 0.05) is 6.42 Å². The number of carbonyl (C=O) groups excluding carboxylic acids is 2. The molecule has 0 bridgehead atoms. The number of hydrogen-bond acceptors (Lipinski definition) is 4. The molecule has 0 aliphatic carbocycles. The summed E-state index contributed by atoms with van der Waals surface area (Å²) in [5.41, 5.74) is 0. The lowest BCUT2D eigenvalue weighted by molar-refractivity contribution is -0.142. The van der Waals surface area contributed by atoms with Crippen LogP contribution in [0.15, 0.2) is 11.5 Å². The van der Waals surface area contributed by atoms with Crippen LogP contribution in [0.1, 0.15) is 33.6 Å². The second kappa shape index (κ2) is 4.26. The zero-order valence-corrected chi connectivity index (χ0v) is 8.62. The average Bonchev–Trinajstić information content (AvgIpc) is 2.33. The average molecular weight is 198 g/mol. The highest BCUT2D eigenvalue weighted by Crippen LogP contribution is 2.22. The van der Waals surface area contributed by atoms with Crippen LogP contribution in [-0.2, 0) is 19.1 Å². The molecule has 0 aromatic carbocycles. The number of ether oxygens (including phenoxy) is 2. The van der Waals surface area contributed by atoms with Crippen molar-refractivity contribution < 1.29 is 19.1 Å². The molecule has 0 saturated carbocycles. The maximum Gasteiger partial charge on any atom is 0.311 e. The number of allylic oxidation sites excluding steroid dienone is 1. The van der Waals surface area contributed by atoms with E-state index in [0.29, 0.717) is 18.6 Å². The van der Waals surface area contributed by atoms with E-state index in [4.69, 9.17) is 9.47 Å². The lowest BCUT2D eigenvalue weighted by atomic mass is 10.2. The van der Waals surface area contributed by atoms with Crippen LogP contribution in [0.5, 0.6) is 0 Å². The molecule has 1 atom stereocenters. The van der Waals surface area contributed by atoms with Crippen molar-refractivity contribution >= 4 is 11.8 Å². The van der Waals surface area contributed by atoms with Gasteiger partial charge in [0.25, 0.3) is 0 Å². The molecule has 4 heteroatoms. The molecule has 78 valence electrons. The molecule has 1 heterocycles. The first kappa shape index (κ1) is 10.8. The maximum atomic E-state index is 11.4. The Morgan fingerprint density at radius 3 is 2.64 bits per heavy atom. The Labute approximate surface area is 82.9 Å². The van der Waals surface area contributed by atoms with Gasteiger partial charge in [-0.3, -0.25) is 9.59 Å². The summed E-state index contributed by atoms with van der Waals surface area (Å²) in [6.07, 6.45) is 0.494. The van der Waals surface area contributed by atoms with E-state index >= 15 is 0 Å². The minimum absolute atomic E-state index is 0.0657. The van der Waals surface area contributed by atoms with Gasteiger partial charge in [0.05, 0.1) is 0 Å². The van der Waals surface area contributed by atoms with Gasteiger partial charge in [-0.15, -0.1) is 0 Å². The molecule has 0 fully saturated rings. The topological polar surface area (TPSA) is 52.6 Å². The third kappa shape index (κ3) is 2.13. The van der Waals surface area contributed by atoms with E-state index in [1.807, 2.05) is 6.92 Å². The fourth-order valence-corrected chi connectivity index (χ4v) is 1.22. The smallest absolute Gasteiger partial charge is 0.311 e. The fourth-order valence-electron chi connectivity index (χ4n) is 1.22. The van der Waals surface area contributed by atoms with E-state index in [1.54, 1.807) is 13.8 Å². The monoisotopic (exact) mass is 198 g/mol. The molecule has 0 aromatic heterocycles. The second-order valence-electron chi connectivity index (χ2n) is 3.23. The highest BCUT2D eigenvalue weighted by atomic mass is 16.6. The largest absolute Gasteiger partial charge is 0.483 e. The number of ketones is 1. The number of hydrogen-bond donors (Lipinski definition) is 0. The van der Waals surface area contributed by atoms with Crippen LogP contribution < -0.4 is 0 Å². The highest BCUT2D eigenvalue weighted by molar-refractivity contribution is 6.00. The minimum Gasteiger partial charge on any atom is -0.483 e. The van der Waals surface area contributed by atoms with E-state index in [0.717, 1.165) is 0 Å². The van der Waals surface area contributed by atoms with Gasteiger partial charge in [-0.25, -0.2) is 0 Å². The normalized spacial score (nSPS) is 21.1. The Bertz CT molecular complexity index is 290. The third-order valence-electron chi connectivity index (χ3n) is 1.94. The van der Waals surface area contributed by atoms with E-state index in [2.05, 4.69) is 0 Å². The van der Waals surface area contributed by atoms with E-state index in [-0.39, 0.29) is 17.5 Å². The van der Waals surface area contributed by atoms with Gasteiger partial charge in [0.15, 0.2) is 6.10 Å². The standard InChI is InChI=1S/C10H14O4/c1-4-5-8(11)14-10-7(3)13-6(2)9(10)12/h6H,4-5H2,1-3H3/t6-/m0/s1. The number of rotatable bonds is 3. The van der Waals surface area contributed by atoms with E-state index in [9.17, 15) is 9.59 Å². The molecule has 0 N–H and O–H groups in total. The second-order valence-corrected chi connectivity index (χ2v) is 3.23. The molecule has 1 aliphatic rings. The summed E-state index contributed by atoms with van der Waals surface area (Å²) in [6, 6.07) is 0. The van der Waals surface area contributed by atoms with Crippen molar-refractivity contribution in [1.82, 2.24) is 0 Å². The van der Waals surface area contributed by atoms with Crippen LogP contribution in [-0.4, -0.2) is 17.9 Å². The summed E-state index contributed by atoms with van der Waals surface area (Å²) < 4.78 is 10.0. The quantitative estimate of drug-likeness (QED) is 0.645. The van der Waals surface area contributed by atoms with Crippen molar-refractivity contribution in [3.05, 3.63) is 11.5 Å². The summed E-state index contributed by atoms with van der Waals surface area (Å²) in [5, 5.41) is 0. The molecular weight excluding hydrogens is 184 g/mol. The molecule has 0 spiro atoms. The summed E-state index contributed by atoms with van der Waals surface area (Å²) in [4.78, 5) is 22.5. The zero-order chi connectivity index (χ0) is 10.7. The Morgan fingerprint density at radius 2 is 2.21 bits per heavy atom. The SMILES string of the molecule is CCCC(=O)OC1=C(C)O[C@@H](C)C1=O. The van der Waals surface area contributed by atoms with Gasteiger partial charge in [-0.1, -0.05) is 6.92 Å². The molecular formula is C10H14O4. The van der Waals surface area contributed by atoms with Crippen LogP contribution >= 0.6 is 0 Å². The van der Waals surface area contributed by atoms with Crippen LogP contribution in [0.25, 0.3) is 0 Å².